The van der Waals surface area contributed by atoms with Crippen LogP contribution in [0.3, 0.4) is 0 Å². The van der Waals surface area contributed by atoms with Crippen LogP contribution in [0.5, 0.6) is 0 Å². The van der Waals surface area contributed by atoms with Gasteiger partial charge in [-0.3, -0.25) is 9.89 Å². The van der Waals surface area contributed by atoms with E-state index < -0.39 is 18.2 Å². The summed E-state index contributed by atoms with van der Waals surface area (Å²) in [5, 5.41) is 33.6. The van der Waals surface area contributed by atoms with Crippen LogP contribution in [0, 0.1) is 0 Å². The second kappa shape index (κ2) is 5.80. The Bertz CT molecular complexity index is 419. The molecule has 8 heteroatoms. The molecule has 0 aliphatic carbocycles. The van der Waals surface area contributed by atoms with Crippen molar-refractivity contribution in [1.82, 2.24) is 10.2 Å². The highest BCUT2D eigenvalue weighted by molar-refractivity contribution is 8.13. The van der Waals surface area contributed by atoms with Gasteiger partial charge in [0.15, 0.2) is 5.12 Å². The molecule has 7 nitrogen and oxygen atoms in total. The van der Waals surface area contributed by atoms with Crippen LogP contribution in [0.15, 0.2) is 6.20 Å². The molecule has 17 heavy (non-hydrogen) atoms. The van der Waals surface area contributed by atoms with Crippen LogP contribution in [-0.4, -0.2) is 48.5 Å². The number of nitrogens with zero attached hydrogens (tertiary/aromatic N) is 1. The van der Waals surface area contributed by atoms with E-state index in [0.717, 1.165) is 18.0 Å². The Morgan fingerprint density at radius 3 is 2.71 bits per heavy atom. The number of H-pyrrole nitrogens is 1. The summed E-state index contributed by atoms with van der Waals surface area (Å²) in [6.07, 6.45) is -1.50. The van der Waals surface area contributed by atoms with E-state index in [1.165, 1.54) is 6.92 Å². The summed E-state index contributed by atoms with van der Waals surface area (Å²) in [5.41, 5.74) is -0.279. The van der Waals surface area contributed by atoms with Gasteiger partial charge in [0.2, 0.25) is 0 Å². The molecule has 0 aliphatic heterocycles. The third kappa shape index (κ3) is 3.55. The Morgan fingerprint density at radius 2 is 2.18 bits per heavy atom. The average Bonchev–Trinajstić information content (AvgIpc) is 2.73. The van der Waals surface area contributed by atoms with Crippen molar-refractivity contribution in [3.63, 3.8) is 0 Å². The highest BCUT2D eigenvalue weighted by Crippen LogP contribution is 2.22. The summed E-state index contributed by atoms with van der Waals surface area (Å²) in [4.78, 5) is 21.4. The fourth-order valence-corrected chi connectivity index (χ4v) is 1.78. The number of carbonyl (C=O) groups excluding carboxylic acids is 1. The maximum atomic E-state index is 10.8. The Labute approximate surface area is 101 Å². The Balaban J connectivity index is 2.74. The van der Waals surface area contributed by atoms with Crippen molar-refractivity contribution in [2.45, 2.75) is 19.1 Å². The molecule has 0 saturated carbocycles. The lowest BCUT2D eigenvalue weighted by molar-refractivity contribution is -0.109. The van der Waals surface area contributed by atoms with Gasteiger partial charge in [-0.15, -0.1) is 0 Å². The van der Waals surface area contributed by atoms with Gasteiger partial charge < -0.3 is 15.3 Å². The van der Waals surface area contributed by atoms with Crippen LogP contribution < -0.4 is 0 Å². The molecule has 1 aromatic rings. The lowest BCUT2D eigenvalue weighted by Crippen LogP contribution is -2.22. The Morgan fingerprint density at radius 1 is 1.53 bits per heavy atom. The fourth-order valence-electron chi connectivity index (χ4n) is 1.19. The summed E-state index contributed by atoms with van der Waals surface area (Å²) in [7, 11) is 0. The number of aromatic carboxylic acids is 1. The molecular formula is C9H12N2O5S. The lowest BCUT2D eigenvalue weighted by atomic mass is 10.1. The molecule has 4 N–H and O–H groups in total. The maximum absolute atomic E-state index is 10.8. The lowest BCUT2D eigenvalue weighted by Gasteiger charge is -2.16. The maximum Gasteiger partial charge on any atom is 0.354 e. The molecule has 0 amide bonds. The van der Waals surface area contributed by atoms with Gasteiger partial charge in [0.05, 0.1) is 12.3 Å². The Kier molecular flexibility index (Phi) is 4.67. The summed E-state index contributed by atoms with van der Waals surface area (Å²) < 4.78 is 0. The van der Waals surface area contributed by atoms with Gasteiger partial charge in [0.1, 0.15) is 11.8 Å². The molecule has 94 valence electrons. The highest BCUT2D eigenvalue weighted by Gasteiger charge is 2.25. The van der Waals surface area contributed by atoms with Crippen molar-refractivity contribution < 1.29 is 24.9 Å². The quantitative estimate of drug-likeness (QED) is 0.577. The number of aromatic nitrogens is 2. The van der Waals surface area contributed by atoms with E-state index in [0.29, 0.717) is 0 Å². The van der Waals surface area contributed by atoms with Gasteiger partial charge in [0.25, 0.3) is 0 Å². The third-order valence-corrected chi connectivity index (χ3v) is 2.94. The third-order valence-electron chi connectivity index (χ3n) is 2.02. The van der Waals surface area contributed by atoms with Crippen LogP contribution in [0.1, 0.15) is 29.1 Å². The second-order valence-corrected chi connectivity index (χ2v) is 4.52. The summed E-state index contributed by atoms with van der Waals surface area (Å²) >= 11 is 0.852. The first-order valence-corrected chi connectivity index (χ1v) is 5.68. The van der Waals surface area contributed by atoms with Gasteiger partial charge in [-0.2, -0.15) is 5.10 Å². The largest absolute Gasteiger partial charge is 0.477 e. The van der Waals surface area contributed by atoms with Crippen molar-refractivity contribution in [3.05, 3.63) is 17.5 Å². The van der Waals surface area contributed by atoms with Crippen LogP contribution in [0.25, 0.3) is 0 Å². The SMILES string of the molecule is CC(=O)SCC(O)C(O)c1cn[nH]c1C(=O)O. The number of carbonyl (C=O) groups is 2. The number of aliphatic hydroxyl groups excluding tert-OH is 2. The number of thioether (sulfide) groups is 1. The smallest absolute Gasteiger partial charge is 0.354 e. The van der Waals surface area contributed by atoms with E-state index >= 15 is 0 Å². The van der Waals surface area contributed by atoms with Crippen molar-refractivity contribution in [2.24, 2.45) is 0 Å². The summed E-state index contributed by atoms with van der Waals surface area (Å²) in [6, 6.07) is 0. The molecule has 0 radical (unpaired) electrons. The first kappa shape index (κ1) is 13.7. The number of hydrogen-bond donors (Lipinski definition) is 4. The minimum absolute atomic E-state index is 0.00541. The van der Waals surface area contributed by atoms with Gasteiger partial charge >= 0.3 is 5.97 Å². The van der Waals surface area contributed by atoms with E-state index in [1.54, 1.807) is 0 Å². The number of carboxylic acids is 1. The number of aliphatic hydroxyl groups is 2. The molecule has 1 aromatic heterocycles. The zero-order valence-corrected chi connectivity index (χ0v) is 9.77. The Hall–Kier alpha value is -1.38. The van der Waals surface area contributed by atoms with Gasteiger partial charge in [-0.25, -0.2) is 4.79 Å². The van der Waals surface area contributed by atoms with Crippen LogP contribution >= 0.6 is 11.8 Å². The molecular weight excluding hydrogens is 248 g/mol. The molecule has 0 aromatic carbocycles. The number of aromatic amines is 1. The van der Waals surface area contributed by atoms with Crippen molar-refractivity contribution >= 4 is 22.8 Å². The van der Waals surface area contributed by atoms with Gasteiger partial charge in [-0.1, -0.05) is 11.8 Å². The predicted molar refractivity (Wildman–Crippen MR) is 59.7 cm³/mol. The standard InChI is InChI=1S/C9H12N2O5S/c1-4(12)17-3-6(13)8(14)5-2-10-11-7(5)9(15)16/h2,6,8,13-14H,3H2,1H3,(H,10,11)(H,15,16). The van der Waals surface area contributed by atoms with Gasteiger partial charge in [-0.05, 0) is 0 Å². The van der Waals surface area contributed by atoms with Crippen LogP contribution in [-0.2, 0) is 4.79 Å². The number of hydrogen-bond acceptors (Lipinski definition) is 6. The van der Waals surface area contributed by atoms with E-state index in [9.17, 15) is 19.8 Å². The fraction of sp³-hybridized carbons (Fsp3) is 0.444. The first-order valence-electron chi connectivity index (χ1n) is 4.69. The zero-order chi connectivity index (χ0) is 13.0. The van der Waals surface area contributed by atoms with Gasteiger partial charge in [0, 0.05) is 18.2 Å². The number of carboxylic acid groups (broad SMARTS) is 1. The predicted octanol–water partition coefficient (Wildman–Crippen LogP) is -0.218. The minimum atomic E-state index is -1.40. The summed E-state index contributed by atoms with van der Waals surface area (Å²) in [6.45, 7) is 1.34. The minimum Gasteiger partial charge on any atom is -0.477 e. The molecule has 0 aliphatic rings. The number of nitrogens with one attached hydrogen (secondary N) is 1. The normalized spacial score (nSPS) is 14.3. The van der Waals surface area contributed by atoms with E-state index in [2.05, 4.69) is 10.2 Å². The molecule has 0 saturated heterocycles. The summed E-state index contributed by atoms with van der Waals surface area (Å²) in [5.74, 6) is -1.29. The van der Waals surface area contributed by atoms with E-state index in [1.807, 2.05) is 0 Å². The topological polar surface area (TPSA) is 124 Å². The van der Waals surface area contributed by atoms with E-state index in [-0.39, 0.29) is 22.1 Å². The van der Waals surface area contributed by atoms with Crippen molar-refractivity contribution in [3.8, 4) is 0 Å². The van der Waals surface area contributed by atoms with Crippen molar-refractivity contribution in [1.29, 1.82) is 0 Å². The van der Waals surface area contributed by atoms with Crippen LogP contribution in [0.4, 0.5) is 0 Å². The molecule has 2 atom stereocenters. The van der Waals surface area contributed by atoms with E-state index in [4.69, 9.17) is 5.11 Å². The molecule has 1 rings (SSSR count). The van der Waals surface area contributed by atoms with Crippen molar-refractivity contribution in [2.75, 3.05) is 5.75 Å². The first-order chi connectivity index (χ1) is 7.93. The second-order valence-electron chi connectivity index (χ2n) is 3.32. The molecule has 2 unspecified atom stereocenters. The molecule has 0 bridgehead atoms. The average molecular weight is 260 g/mol. The van der Waals surface area contributed by atoms with Crippen LogP contribution in [0.2, 0.25) is 0 Å². The highest BCUT2D eigenvalue weighted by atomic mass is 32.2. The number of rotatable bonds is 5. The molecule has 1 heterocycles. The monoisotopic (exact) mass is 260 g/mol. The molecule has 0 fully saturated rings. The molecule has 0 spiro atoms. The zero-order valence-electron chi connectivity index (χ0n) is 8.95.